The SMILES string of the molecule is CC.Cc1cnc2ccc(C(F)(F)F)cn12. The largest absolute Gasteiger partial charge is 0.417 e. The summed E-state index contributed by atoms with van der Waals surface area (Å²) in [5, 5.41) is 0. The van der Waals surface area contributed by atoms with E-state index in [-0.39, 0.29) is 0 Å². The van der Waals surface area contributed by atoms with Gasteiger partial charge in [0, 0.05) is 18.1 Å². The van der Waals surface area contributed by atoms with Crippen LogP contribution in [-0.2, 0) is 6.18 Å². The van der Waals surface area contributed by atoms with Crippen LogP contribution in [0, 0.1) is 6.92 Å². The van der Waals surface area contributed by atoms with Crippen molar-refractivity contribution in [1.82, 2.24) is 9.38 Å². The van der Waals surface area contributed by atoms with Gasteiger partial charge in [-0.15, -0.1) is 0 Å². The average Bonchev–Trinajstić information content (AvgIpc) is 2.62. The van der Waals surface area contributed by atoms with Gasteiger partial charge in [-0.25, -0.2) is 4.98 Å². The Morgan fingerprint density at radius 3 is 2.38 bits per heavy atom. The van der Waals surface area contributed by atoms with E-state index >= 15 is 0 Å². The predicted octanol–water partition coefficient (Wildman–Crippen LogP) is 3.69. The Bertz CT molecular complexity index is 472. The van der Waals surface area contributed by atoms with Crippen LogP contribution >= 0.6 is 0 Å². The molecular weight excluding hydrogens is 217 g/mol. The second-order valence-corrected chi connectivity index (χ2v) is 3.04. The molecule has 5 heteroatoms. The first-order chi connectivity index (χ1) is 7.48. The topological polar surface area (TPSA) is 17.3 Å². The van der Waals surface area contributed by atoms with E-state index in [0.717, 1.165) is 12.3 Å². The molecule has 2 aromatic rings. The Balaban J connectivity index is 0.000000606. The maximum absolute atomic E-state index is 12.3. The van der Waals surface area contributed by atoms with Crippen molar-refractivity contribution in [3.05, 3.63) is 35.8 Å². The Labute approximate surface area is 91.7 Å². The van der Waals surface area contributed by atoms with Crippen LogP contribution in [0.3, 0.4) is 0 Å². The van der Waals surface area contributed by atoms with E-state index in [1.807, 2.05) is 13.8 Å². The molecule has 0 unspecified atom stereocenters. The summed E-state index contributed by atoms with van der Waals surface area (Å²) >= 11 is 0. The van der Waals surface area contributed by atoms with Crippen LogP contribution in [0.1, 0.15) is 25.1 Å². The quantitative estimate of drug-likeness (QED) is 0.674. The molecule has 2 nitrogen and oxygen atoms in total. The molecule has 16 heavy (non-hydrogen) atoms. The normalized spacial score (nSPS) is 11.1. The lowest BCUT2D eigenvalue weighted by atomic mass is 10.3. The van der Waals surface area contributed by atoms with E-state index in [1.165, 1.54) is 16.7 Å². The molecule has 0 saturated carbocycles. The van der Waals surface area contributed by atoms with Gasteiger partial charge >= 0.3 is 6.18 Å². The van der Waals surface area contributed by atoms with Crippen LogP contribution in [0.4, 0.5) is 13.2 Å². The molecule has 0 aliphatic carbocycles. The van der Waals surface area contributed by atoms with Gasteiger partial charge in [-0.1, -0.05) is 13.8 Å². The molecule has 0 aliphatic heterocycles. The van der Waals surface area contributed by atoms with Crippen LogP contribution in [0.15, 0.2) is 24.5 Å². The summed E-state index contributed by atoms with van der Waals surface area (Å²) in [5.74, 6) is 0. The van der Waals surface area contributed by atoms with Gasteiger partial charge in [0.05, 0.1) is 5.56 Å². The minimum atomic E-state index is -4.30. The molecule has 0 aromatic carbocycles. The van der Waals surface area contributed by atoms with E-state index < -0.39 is 11.7 Å². The van der Waals surface area contributed by atoms with Gasteiger partial charge < -0.3 is 4.40 Å². The summed E-state index contributed by atoms with van der Waals surface area (Å²) in [4.78, 5) is 3.94. The number of aryl methyl sites for hydroxylation is 1. The third kappa shape index (κ3) is 2.35. The highest BCUT2D eigenvalue weighted by atomic mass is 19.4. The van der Waals surface area contributed by atoms with E-state index in [1.54, 1.807) is 6.92 Å². The fourth-order valence-corrected chi connectivity index (χ4v) is 1.27. The molecule has 0 amide bonds. The summed E-state index contributed by atoms with van der Waals surface area (Å²) in [6, 6.07) is 2.39. The first kappa shape index (κ1) is 12.5. The molecule has 0 aliphatic rings. The van der Waals surface area contributed by atoms with Crippen molar-refractivity contribution in [2.45, 2.75) is 26.9 Å². The van der Waals surface area contributed by atoms with Crippen molar-refractivity contribution in [2.75, 3.05) is 0 Å². The van der Waals surface area contributed by atoms with Gasteiger partial charge in [0.1, 0.15) is 5.65 Å². The maximum Gasteiger partial charge on any atom is 0.417 e. The number of alkyl halides is 3. The number of aromatic nitrogens is 2. The molecule has 0 radical (unpaired) electrons. The number of pyridine rings is 1. The fraction of sp³-hybridized carbons (Fsp3) is 0.364. The number of imidazole rings is 1. The molecule has 0 N–H and O–H groups in total. The van der Waals surface area contributed by atoms with Gasteiger partial charge in [0.2, 0.25) is 0 Å². The zero-order valence-corrected chi connectivity index (χ0v) is 9.34. The highest BCUT2D eigenvalue weighted by molar-refractivity contribution is 5.42. The number of halogens is 3. The molecule has 0 spiro atoms. The minimum absolute atomic E-state index is 0.524. The molecule has 2 rings (SSSR count). The van der Waals surface area contributed by atoms with Crippen LogP contribution in [0.25, 0.3) is 5.65 Å². The molecule has 0 bridgehead atoms. The van der Waals surface area contributed by atoms with Crippen molar-refractivity contribution in [3.8, 4) is 0 Å². The second kappa shape index (κ2) is 4.55. The van der Waals surface area contributed by atoms with E-state index in [2.05, 4.69) is 4.98 Å². The van der Waals surface area contributed by atoms with Crippen LogP contribution in [0.5, 0.6) is 0 Å². The minimum Gasteiger partial charge on any atom is -0.304 e. The molecule has 2 aromatic heterocycles. The number of rotatable bonds is 0. The monoisotopic (exact) mass is 230 g/mol. The van der Waals surface area contributed by atoms with Crippen molar-refractivity contribution in [1.29, 1.82) is 0 Å². The number of nitrogens with zero attached hydrogens (tertiary/aromatic N) is 2. The molecular formula is C11H13F3N2. The highest BCUT2D eigenvalue weighted by Crippen LogP contribution is 2.29. The zero-order chi connectivity index (χ0) is 12.3. The highest BCUT2D eigenvalue weighted by Gasteiger charge is 2.30. The Kier molecular flexibility index (Phi) is 3.57. The number of fused-ring (bicyclic) bond motifs is 1. The van der Waals surface area contributed by atoms with Crippen molar-refractivity contribution in [2.24, 2.45) is 0 Å². The molecule has 0 saturated heterocycles. The Morgan fingerprint density at radius 2 is 1.81 bits per heavy atom. The summed E-state index contributed by atoms with van der Waals surface area (Å²) in [6.45, 7) is 5.71. The molecule has 88 valence electrons. The molecule has 2 heterocycles. The van der Waals surface area contributed by atoms with Crippen LogP contribution in [0.2, 0.25) is 0 Å². The molecule has 0 fully saturated rings. The smallest absolute Gasteiger partial charge is 0.304 e. The third-order valence-electron chi connectivity index (χ3n) is 2.02. The van der Waals surface area contributed by atoms with E-state index in [4.69, 9.17) is 0 Å². The predicted molar refractivity (Wildman–Crippen MR) is 56.3 cm³/mol. The summed E-state index contributed by atoms with van der Waals surface area (Å²) < 4.78 is 38.4. The van der Waals surface area contributed by atoms with Gasteiger partial charge in [-0.3, -0.25) is 0 Å². The third-order valence-corrected chi connectivity index (χ3v) is 2.02. The van der Waals surface area contributed by atoms with Gasteiger partial charge in [-0.05, 0) is 19.1 Å². The molecule has 0 atom stereocenters. The number of hydrogen-bond donors (Lipinski definition) is 0. The summed E-state index contributed by atoms with van der Waals surface area (Å²) in [6.07, 6.45) is -1.71. The number of hydrogen-bond acceptors (Lipinski definition) is 1. The second-order valence-electron chi connectivity index (χ2n) is 3.04. The first-order valence-corrected chi connectivity index (χ1v) is 4.99. The van der Waals surface area contributed by atoms with Crippen LogP contribution in [-0.4, -0.2) is 9.38 Å². The Hall–Kier alpha value is -1.52. The van der Waals surface area contributed by atoms with Crippen molar-refractivity contribution in [3.63, 3.8) is 0 Å². The summed E-state index contributed by atoms with van der Waals surface area (Å²) in [7, 11) is 0. The Morgan fingerprint density at radius 1 is 1.19 bits per heavy atom. The lowest BCUT2D eigenvalue weighted by Crippen LogP contribution is -2.06. The lowest BCUT2D eigenvalue weighted by molar-refractivity contribution is -0.137. The van der Waals surface area contributed by atoms with Gasteiger partial charge in [-0.2, -0.15) is 13.2 Å². The van der Waals surface area contributed by atoms with Gasteiger partial charge in [0.25, 0.3) is 0 Å². The maximum atomic E-state index is 12.3. The zero-order valence-electron chi connectivity index (χ0n) is 9.34. The van der Waals surface area contributed by atoms with Crippen molar-refractivity contribution < 1.29 is 13.2 Å². The van der Waals surface area contributed by atoms with Gasteiger partial charge in [0.15, 0.2) is 0 Å². The fourth-order valence-electron chi connectivity index (χ4n) is 1.27. The average molecular weight is 230 g/mol. The van der Waals surface area contributed by atoms with Crippen LogP contribution < -0.4 is 0 Å². The van der Waals surface area contributed by atoms with Crippen molar-refractivity contribution >= 4 is 5.65 Å². The summed E-state index contributed by atoms with van der Waals surface area (Å²) in [5.41, 5.74) is 0.549. The van der Waals surface area contributed by atoms with E-state index in [9.17, 15) is 13.2 Å². The standard InChI is InChI=1S/C9H7F3N2.C2H6/c1-6-4-13-8-3-2-7(5-14(6)8)9(10,11)12;1-2/h2-5H,1H3;1-2H3. The van der Waals surface area contributed by atoms with E-state index in [0.29, 0.717) is 11.3 Å². The lowest BCUT2D eigenvalue weighted by Gasteiger charge is -2.06. The first-order valence-electron chi connectivity index (χ1n) is 4.99.